The molecule has 0 atom stereocenters. The van der Waals surface area contributed by atoms with Gasteiger partial charge in [0.25, 0.3) is 0 Å². The third kappa shape index (κ3) is 29.3. The summed E-state index contributed by atoms with van der Waals surface area (Å²) in [5.74, 6) is 0. The Morgan fingerprint density at radius 3 is 1.13 bits per heavy atom. The van der Waals surface area contributed by atoms with Gasteiger partial charge in [0.15, 0.2) is 0 Å². The summed E-state index contributed by atoms with van der Waals surface area (Å²) in [7, 11) is 1.83. The van der Waals surface area contributed by atoms with E-state index in [9.17, 15) is 0 Å². The van der Waals surface area contributed by atoms with Gasteiger partial charge in [-0.1, -0.05) is 6.92 Å². The fourth-order valence-electron chi connectivity index (χ4n) is 2.64. The minimum Gasteiger partial charge on any atom is -0.390 e. The Bertz CT molecular complexity index is 518. The van der Waals surface area contributed by atoms with Crippen molar-refractivity contribution in [1.29, 1.82) is 5.53 Å². The SMILES string of the molecule is CCCOCCOCCOCCOCCOCCOCCOCCOCCOCCN(C)/C=C(/CO)N=N. The topological polar surface area (TPSA) is 143 Å². The van der Waals surface area contributed by atoms with Crippen molar-refractivity contribution < 1.29 is 47.7 Å². The number of nitrogens with zero attached hydrogens (tertiary/aromatic N) is 2. The number of likely N-dealkylation sites (N-methyl/N-ethyl adjacent to an activating group) is 1. The summed E-state index contributed by atoms with van der Waals surface area (Å²) >= 11 is 0. The summed E-state index contributed by atoms with van der Waals surface area (Å²) in [6.07, 6.45) is 2.64. The molecule has 0 saturated heterocycles. The molecular weight excluding hydrogens is 502 g/mol. The van der Waals surface area contributed by atoms with Gasteiger partial charge >= 0.3 is 0 Å². The van der Waals surface area contributed by atoms with Gasteiger partial charge in [-0.3, -0.25) is 0 Å². The number of aliphatic hydroxyl groups excluding tert-OH is 1. The Balaban J connectivity index is 3.14. The lowest BCUT2D eigenvalue weighted by Gasteiger charge is -2.14. The van der Waals surface area contributed by atoms with Crippen LogP contribution in [-0.2, 0) is 42.6 Å². The third-order valence-electron chi connectivity index (χ3n) is 4.59. The lowest BCUT2D eigenvalue weighted by molar-refractivity contribution is -0.0251. The highest BCUT2D eigenvalue weighted by molar-refractivity contribution is 4.96. The summed E-state index contributed by atoms with van der Waals surface area (Å²) < 4.78 is 48.9. The predicted octanol–water partition coefficient (Wildman–Crippen LogP) is 1.34. The Morgan fingerprint density at radius 2 is 0.868 bits per heavy atom. The first kappa shape index (κ1) is 36.7. The van der Waals surface area contributed by atoms with E-state index in [0.717, 1.165) is 13.0 Å². The summed E-state index contributed by atoms with van der Waals surface area (Å²) in [6.45, 7) is 12.2. The van der Waals surface area contributed by atoms with E-state index >= 15 is 0 Å². The first-order valence-electron chi connectivity index (χ1n) is 13.3. The van der Waals surface area contributed by atoms with Crippen LogP contribution in [0.1, 0.15) is 13.3 Å². The molecule has 0 aromatic carbocycles. The number of rotatable bonds is 32. The zero-order chi connectivity index (χ0) is 27.8. The average Bonchev–Trinajstić information content (AvgIpc) is 2.93. The van der Waals surface area contributed by atoms with Crippen LogP contribution in [0.15, 0.2) is 17.0 Å². The molecule has 0 fully saturated rings. The first-order valence-corrected chi connectivity index (χ1v) is 13.3. The van der Waals surface area contributed by atoms with Crippen LogP contribution < -0.4 is 0 Å². The molecule has 0 spiro atoms. The van der Waals surface area contributed by atoms with Crippen LogP contribution in [0.3, 0.4) is 0 Å². The highest BCUT2D eigenvalue weighted by Gasteiger charge is 1.98. The number of hydrogen-bond acceptors (Lipinski definition) is 13. The molecule has 0 rings (SSSR count). The molecule has 13 nitrogen and oxygen atoms in total. The zero-order valence-electron chi connectivity index (χ0n) is 23.4. The van der Waals surface area contributed by atoms with Crippen molar-refractivity contribution in [3.05, 3.63) is 11.9 Å². The maximum atomic E-state index is 8.96. The van der Waals surface area contributed by atoms with Gasteiger partial charge in [0.2, 0.25) is 0 Å². The molecule has 0 amide bonds. The van der Waals surface area contributed by atoms with Gasteiger partial charge in [0, 0.05) is 26.4 Å². The molecule has 13 heteroatoms. The van der Waals surface area contributed by atoms with E-state index in [1.807, 2.05) is 11.9 Å². The minimum atomic E-state index is -0.257. The summed E-state index contributed by atoms with van der Waals surface area (Å²) in [6, 6.07) is 0. The van der Waals surface area contributed by atoms with Gasteiger partial charge in [0.05, 0.1) is 119 Å². The molecule has 0 aromatic heterocycles. The lowest BCUT2D eigenvalue weighted by Crippen LogP contribution is -2.20. The van der Waals surface area contributed by atoms with Crippen LogP contribution in [0.2, 0.25) is 0 Å². The quantitative estimate of drug-likeness (QED) is 0.0920. The van der Waals surface area contributed by atoms with Crippen molar-refractivity contribution >= 4 is 0 Å². The summed E-state index contributed by atoms with van der Waals surface area (Å²) in [4.78, 5) is 1.81. The fraction of sp³-hybridized carbons (Fsp3) is 0.920. The molecule has 0 aliphatic heterocycles. The molecule has 0 heterocycles. The van der Waals surface area contributed by atoms with E-state index in [-0.39, 0.29) is 6.61 Å². The molecular formula is C25H51N3O10. The highest BCUT2D eigenvalue weighted by atomic mass is 16.6. The second-order valence-electron chi connectivity index (χ2n) is 7.88. The van der Waals surface area contributed by atoms with E-state index in [2.05, 4.69) is 12.0 Å². The van der Waals surface area contributed by atoms with E-state index in [1.54, 1.807) is 6.20 Å². The summed E-state index contributed by atoms with van der Waals surface area (Å²) in [5.41, 5.74) is 7.20. The molecule has 0 saturated carbocycles. The Labute approximate surface area is 228 Å². The second kappa shape index (κ2) is 32.0. The maximum absolute atomic E-state index is 8.96. The van der Waals surface area contributed by atoms with Gasteiger partial charge < -0.3 is 52.6 Å². The van der Waals surface area contributed by atoms with Crippen LogP contribution >= 0.6 is 0 Å². The lowest BCUT2D eigenvalue weighted by atomic mass is 10.5. The molecule has 0 aromatic rings. The van der Waals surface area contributed by atoms with Gasteiger partial charge in [-0.25, -0.2) is 5.53 Å². The van der Waals surface area contributed by atoms with Crippen molar-refractivity contribution in [3.63, 3.8) is 0 Å². The van der Waals surface area contributed by atoms with Gasteiger partial charge in [-0.2, -0.15) is 5.11 Å². The third-order valence-corrected chi connectivity index (χ3v) is 4.59. The Kier molecular flexibility index (Phi) is 30.9. The van der Waals surface area contributed by atoms with Gasteiger partial charge in [-0.05, 0) is 6.42 Å². The van der Waals surface area contributed by atoms with Crippen molar-refractivity contribution in [2.75, 3.05) is 139 Å². The average molecular weight is 554 g/mol. The molecule has 0 radical (unpaired) electrons. The largest absolute Gasteiger partial charge is 0.390 e. The van der Waals surface area contributed by atoms with Gasteiger partial charge in [0.1, 0.15) is 5.70 Å². The van der Waals surface area contributed by atoms with Crippen molar-refractivity contribution in [2.24, 2.45) is 5.11 Å². The molecule has 0 unspecified atom stereocenters. The van der Waals surface area contributed by atoms with Crippen LogP contribution in [0, 0.1) is 5.53 Å². The molecule has 0 aliphatic carbocycles. The number of hydrogen-bond donors (Lipinski definition) is 2. The van der Waals surface area contributed by atoms with E-state index in [0.29, 0.717) is 125 Å². The number of aliphatic hydroxyl groups is 1. The number of nitrogens with one attached hydrogen (secondary N) is 1. The number of ether oxygens (including phenoxy) is 9. The van der Waals surface area contributed by atoms with Crippen LogP contribution in [-0.4, -0.2) is 149 Å². The van der Waals surface area contributed by atoms with Crippen molar-refractivity contribution in [1.82, 2.24) is 4.90 Å². The predicted molar refractivity (Wildman–Crippen MR) is 141 cm³/mol. The molecule has 0 bridgehead atoms. The van der Waals surface area contributed by atoms with Crippen molar-refractivity contribution in [2.45, 2.75) is 13.3 Å². The molecule has 38 heavy (non-hydrogen) atoms. The smallest absolute Gasteiger partial charge is 0.104 e. The molecule has 2 N–H and O–H groups in total. The molecule has 0 aliphatic rings. The van der Waals surface area contributed by atoms with E-state index in [4.69, 9.17) is 53.3 Å². The fourth-order valence-corrected chi connectivity index (χ4v) is 2.64. The maximum Gasteiger partial charge on any atom is 0.104 e. The van der Waals surface area contributed by atoms with E-state index in [1.165, 1.54) is 0 Å². The van der Waals surface area contributed by atoms with Crippen LogP contribution in [0.25, 0.3) is 0 Å². The van der Waals surface area contributed by atoms with E-state index < -0.39 is 0 Å². The zero-order valence-corrected chi connectivity index (χ0v) is 23.4. The normalized spacial score (nSPS) is 11.8. The second-order valence-corrected chi connectivity index (χ2v) is 7.88. The highest BCUT2D eigenvalue weighted by Crippen LogP contribution is 1.97. The van der Waals surface area contributed by atoms with Crippen LogP contribution in [0.4, 0.5) is 0 Å². The van der Waals surface area contributed by atoms with Gasteiger partial charge in [-0.15, -0.1) is 0 Å². The first-order chi connectivity index (χ1) is 18.7. The summed E-state index contributed by atoms with van der Waals surface area (Å²) in [5, 5.41) is 12.2. The monoisotopic (exact) mass is 553 g/mol. The molecule has 226 valence electrons. The minimum absolute atomic E-state index is 0.257. The Hall–Kier alpha value is -1.26. The van der Waals surface area contributed by atoms with Crippen LogP contribution in [0.5, 0.6) is 0 Å². The van der Waals surface area contributed by atoms with Crippen molar-refractivity contribution in [3.8, 4) is 0 Å². The standard InChI is InChI=1S/C25H51N3O10/c1-3-5-30-7-9-32-11-13-34-15-17-36-19-21-38-22-20-37-18-16-35-14-12-33-10-8-31-6-4-28(2)23-25(24-29)27-26/h23,26,29H,3-22,24H2,1-2H3/b25-23-,27-26?. The Morgan fingerprint density at radius 1 is 0.579 bits per heavy atom.